The number of hydrogen-bond acceptors (Lipinski definition) is 4. The number of halogens is 2. The Labute approximate surface area is 189 Å². The number of benzene rings is 2. The van der Waals surface area contributed by atoms with E-state index in [-0.39, 0.29) is 31.3 Å². The molecule has 2 heterocycles. The number of carbonyl (C=O) groups excluding carboxylic acids is 3. The van der Waals surface area contributed by atoms with Gasteiger partial charge in [0.1, 0.15) is 5.54 Å². The molecule has 2 aromatic rings. The third-order valence-corrected chi connectivity index (χ3v) is 6.06. The van der Waals surface area contributed by atoms with Crippen molar-refractivity contribution < 1.29 is 14.4 Å². The lowest BCUT2D eigenvalue weighted by atomic mass is 9.86. The van der Waals surface area contributed by atoms with Gasteiger partial charge in [0.25, 0.3) is 5.91 Å². The molecule has 2 aliphatic rings. The number of nitrogens with zero attached hydrogens (tertiary/aromatic N) is 3. The smallest absolute Gasteiger partial charge is 0.332 e. The van der Waals surface area contributed by atoms with Crippen molar-refractivity contribution >= 4 is 46.7 Å². The predicted octanol–water partition coefficient (Wildman–Crippen LogP) is 3.52. The van der Waals surface area contributed by atoms with Gasteiger partial charge < -0.3 is 10.2 Å². The lowest BCUT2D eigenvalue weighted by molar-refractivity contribution is -0.124. The van der Waals surface area contributed by atoms with Crippen LogP contribution in [0.1, 0.15) is 24.5 Å². The summed E-state index contributed by atoms with van der Waals surface area (Å²) in [5.41, 5.74) is 0.453. The third-order valence-electron chi connectivity index (χ3n) is 5.62. The topological polar surface area (TPSA) is 93.5 Å². The Kier molecular flexibility index (Phi) is 5.38. The molecule has 4 rings (SSSR count). The second-order valence-electron chi connectivity index (χ2n) is 7.78. The van der Waals surface area contributed by atoms with Crippen LogP contribution in [0, 0.1) is 11.3 Å². The number of amides is 4. The fourth-order valence-electron chi connectivity index (χ4n) is 4.42. The summed E-state index contributed by atoms with van der Waals surface area (Å²) in [4.78, 5) is 41.3. The van der Waals surface area contributed by atoms with E-state index in [1.165, 1.54) is 30.0 Å². The van der Waals surface area contributed by atoms with Crippen molar-refractivity contribution in [3.63, 3.8) is 0 Å². The summed E-state index contributed by atoms with van der Waals surface area (Å²) < 4.78 is 0. The Morgan fingerprint density at radius 2 is 1.84 bits per heavy atom. The van der Waals surface area contributed by atoms with E-state index < -0.39 is 17.5 Å². The summed E-state index contributed by atoms with van der Waals surface area (Å²) in [6.45, 7) is 1.62. The van der Waals surface area contributed by atoms with Crippen molar-refractivity contribution in [2.75, 3.05) is 11.4 Å². The Bertz CT molecular complexity index is 1110. The zero-order valence-electron chi connectivity index (χ0n) is 16.6. The van der Waals surface area contributed by atoms with Gasteiger partial charge in [0.2, 0.25) is 5.91 Å². The fraction of sp³-hybridized carbons (Fsp3) is 0.273. The molecule has 2 fully saturated rings. The largest absolute Gasteiger partial charge is 0.352 e. The molecule has 0 bridgehead atoms. The van der Waals surface area contributed by atoms with Crippen LogP contribution in [-0.2, 0) is 16.0 Å². The van der Waals surface area contributed by atoms with Gasteiger partial charge in [-0.1, -0.05) is 35.3 Å². The summed E-state index contributed by atoms with van der Waals surface area (Å²) >= 11 is 12.2. The van der Waals surface area contributed by atoms with E-state index in [4.69, 9.17) is 28.5 Å². The number of fused-ring (bicyclic) bond motifs is 1. The van der Waals surface area contributed by atoms with Crippen LogP contribution < -0.4 is 10.2 Å². The van der Waals surface area contributed by atoms with Crippen LogP contribution in [0.4, 0.5) is 10.5 Å². The van der Waals surface area contributed by atoms with Gasteiger partial charge in [-0.2, -0.15) is 5.26 Å². The molecule has 2 atom stereocenters. The molecule has 4 amide bonds. The van der Waals surface area contributed by atoms with Gasteiger partial charge in [-0.3, -0.25) is 9.59 Å². The summed E-state index contributed by atoms with van der Waals surface area (Å²) in [5.74, 6) is -0.619. The van der Waals surface area contributed by atoms with Crippen LogP contribution in [0.5, 0.6) is 0 Å². The minimum atomic E-state index is -1.16. The molecule has 158 valence electrons. The molecule has 0 spiro atoms. The maximum atomic E-state index is 13.7. The maximum absolute atomic E-state index is 13.7. The number of rotatable bonds is 4. The van der Waals surface area contributed by atoms with Crippen molar-refractivity contribution in [1.82, 2.24) is 10.2 Å². The SMILES string of the molecule is CC(=O)NC1CN2C(=O)N(c3cc(Cl)cc(Cl)c3)C(=O)C2(Cc2ccc(C#N)cc2)C1. The maximum Gasteiger partial charge on any atom is 0.332 e. The van der Waals surface area contributed by atoms with Crippen LogP contribution in [0.2, 0.25) is 10.0 Å². The summed E-state index contributed by atoms with van der Waals surface area (Å²) in [5, 5.41) is 12.5. The van der Waals surface area contributed by atoms with Crippen LogP contribution in [-0.4, -0.2) is 40.9 Å². The number of anilines is 1. The first-order valence-corrected chi connectivity index (χ1v) is 10.4. The van der Waals surface area contributed by atoms with Crippen molar-refractivity contribution in [2.24, 2.45) is 0 Å². The molecule has 2 aliphatic heterocycles. The predicted molar refractivity (Wildman–Crippen MR) is 116 cm³/mol. The van der Waals surface area contributed by atoms with E-state index in [9.17, 15) is 14.4 Å². The van der Waals surface area contributed by atoms with E-state index in [2.05, 4.69) is 11.4 Å². The van der Waals surface area contributed by atoms with Gasteiger partial charge in [-0.25, -0.2) is 9.69 Å². The lowest BCUT2D eigenvalue weighted by Gasteiger charge is -2.28. The minimum absolute atomic E-state index is 0.214. The molecular formula is C22H18Cl2N4O3. The molecule has 0 saturated carbocycles. The van der Waals surface area contributed by atoms with Crippen LogP contribution in [0.15, 0.2) is 42.5 Å². The number of nitrogens with one attached hydrogen (secondary N) is 1. The van der Waals surface area contributed by atoms with E-state index >= 15 is 0 Å². The van der Waals surface area contributed by atoms with Crippen molar-refractivity contribution in [1.29, 1.82) is 5.26 Å². The summed E-state index contributed by atoms with van der Waals surface area (Å²) in [7, 11) is 0. The molecule has 2 unspecified atom stereocenters. The zero-order valence-corrected chi connectivity index (χ0v) is 18.1. The Morgan fingerprint density at radius 3 is 2.42 bits per heavy atom. The fourth-order valence-corrected chi connectivity index (χ4v) is 4.93. The third kappa shape index (κ3) is 3.73. The van der Waals surface area contributed by atoms with E-state index in [0.717, 1.165) is 10.5 Å². The van der Waals surface area contributed by atoms with Crippen LogP contribution >= 0.6 is 23.2 Å². The molecule has 7 nitrogen and oxygen atoms in total. The Balaban J connectivity index is 1.74. The first kappa shape index (κ1) is 21.2. The second-order valence-corrected chi connectivity index (χ2v) is 8.65. The van der Waals surface area contributed by atoms with E-state index in [0.29, 0.717) is 21.3 Å². The van der Waals surface area contributed by atoms with Gasteiger partial charge in [-0.15, -0.1) is 0 Å². The second kappa shape index (κ2) is 7.88. The average molecular weight is 457 g/mol. The van der Waals surface area contributed by atoms with Crippen LogP contribution in [0.25, 0.3) is 0 Å². The molecule has 2 saturated heterocycles. The van der Waals surface area contributed by atoms with Crippen LogP contribution in [0.3, 0.4) is 0 Å². The van der Waals surface area contributed by atoms with Gasteiger partial charge in [0, 0.05) is 42.4 Å². The molecular weight excluding hydrogens is 439 g/mol. The molecule has 0 aromatic heterocycles. The highest BCUT2D eigenvalue weighted by atomic mass is 35.5. The number of carbonyl (C=O) groups is 3. The molecule has 1 N–H and O–H groups in total. The normalized spacial score (nSPS) is 22.5. The summed E-state index contributed by atoms with van der Waals surface area (Å²) in [6.07, 6.45) is 0.534. The molecule has 9 heteroatoms. The molecule has 0 aliphatic carbocycles. The highest BCUT2D eigenvalue weighted by molar-refractivity contribution is 6.35. The van der Waals surface area contributed by atoms with Crippen molar-refractivity contribution in [2.45, 2.75) is 31.3 Å². The van der Waals surface area contributed by atoms with Gasteiger partial charge in [0.15, 0.2) is 0 Å². The average Bonchev–Trinajstić information content (AvgIpc) is 3.14. The highest BCUT2D eigenvalue weighted by Crippen LogP contribution is 2.43. The molecule has 31 heavy (non-hydrogen) atoms. The monoisotopic (exact) mass is 456 g/mol. The number of hydrogen-bond donors (Lipinski definition) is 1. The standard InChI is InChI=1S/C22H18Cl2N4O3/c1-13(29)26-18-10-22(9-14-2-4-15(11-25)5-3-14)20(30)28(21(31)27(22)12-18)19-7-16(23)6-17(24)8-19/h2-8,18H,9-10,12H2,1H3,(H,26,29). The van der Waals surface area contributed by atoms with Gasteiger partial charge in [0.05, 0.1) is 17.3 Å². The molecule has 2 aromatic carbocycles. The number of urea groups is 1. The Morgan fingerprint density at radius 1 is 1.19 bits per heavy atom. The molecule has 0 radical (unpaired) electrons. The van der Waals surface area contributed by atoms with E-state index in [1.54, 1.807) is 24.3 Å². The number of nitriles is 1. The Hall–Kier alpha value is -3.08. The number of imide groups is 1. The first-order chi connectivity index (χ1) is 14.7. The zero-order chi connectivity index (χ0) is 22.3. The van der Waals surface area contributed by atoms with E-state index in [1.807, 2.05) is 0 Å². The lowest BCUT2D eigenvalue weighted by Crippen LogP contribution is -2.47. The van der Waals surface area contributed by atoms with Gasteiger partial charge >= 0.3 is 6.03 Å². The van der Waals surface area contributed by atoms with Crippen molar-refractivity contribution in [3.05, 3.63) is 63.6 Å². The summed E-state index contributed by atoms with van der Waals surface area (Å²) in [6, 6.07) is 12.7. The van der Waals surface area contributed by atoms with Crippen molar-refractivity contribution in [3.8, 4) is 6.07 Å². The first-order valence-electron chi connectivity index (χ1n) is 9.62. The highest BCUT2D eigenvalue weighted by Gasteiger charge is 2.62. The quantitative estimate of drug-likeness (QED) is 0.711. The van der Waals surface area contributed by atoms with Gasteiger partial charge in [-0.05, 0) is 35.9 Å². The minimum Gasteiger partial charge on any atom is -0.352 e.